The summed E-state index contributed by atoms with van der Waals surface area (Å²) in [6, 6.07) is 0.323. The highest BCUT2D eigenvalue weighted by Crippen LogP contribution is 2.38. The number of carboxylic acids is 1. The van der Waals surface area contributed by atoms with Crippen molar-refractivity contribution in [3.8, 4) is 0 Å². The number of fused-ring (bicyclic) bond motifs is 1. The molecule has 2 aliphatic rings. The van der Waals surface area contributed by atoms with E-state index in [2.05, 4.69) is 18.7 Å². The molecule has 1 saturated heterocycles. The van der Waals surface area contributed by atoms with Crippen LogP contribution < -0.4 is 0 Å². The van der Waals surface area contributed by atoms with Gasteiger partial charge in [-0.2, -0.15) is 0 Å². The molecule has 1 aliphatic heterocycles. The van der Waals surface area contributed by atoms with Gasteiger partial charge in [0.1, 0.15) is 6.04 Å². The normalized spacial score (nSPS) is 31.6. The molecule has 2 fully saturated rings. The van der Waals surface area contributed by atoms with Crippen LogP contribution in [0.4, 0.5) is 0 Å². The molecular formula is C18H33NO2. The number of aliphatic carboxylic acids is 1. The molecule has 0 bridgehead atoms. The van der Waals surface area contributed by atoms with Crippen LogP contribution in [-0.2, 0) is 4.79 Å². The summed E-state index contributed by atoms with van der Waals surface area (Å²) in [5.74, 6) is 0.842. The van der Waals surface area contributed by atoms with Gasteiger partial charge >= 0.3 is 5.97 Å². The van der Waals surface area contributed by atoms with Crippen LogP contribution in [0.5, 0.6) is 0 Å². The lowest BCUT2D eigenvalue weighted by Crippen LogP contribution is -2.56. The summed E-state index contributed by atoms with van der Waals surface area (Å²) in [4.78, 5) is 14.1. The first-order valence-electron chi connectivity index (χ1n) is 9.15. The van der Waals surface area contributed by atoms with E-state index >= 15 is 0 Å². The molecule has 0 aromatic heterocycles. The van der Waals surface area contributed by atoms with Gasteiger partial charge in [-0.3, -0.25) is 9.69 Å². The average molecular weight is 295 g/mol. The molecule has 1 aliphatic carbocycles. The van der Waals surface area contributed by atoms with Crippen LogP contribution in [0.2, 0.25) is 0 Å². The molecule has 3 heteroatoms. The fourth-order valence-corrected chi connectivity index (χ4v) is 4.47. The molecule has 0 aromatic carbocycles. The van der Waals surface area contributed by atoms with Crippen LogP contribution in [0.3, 0.4) is 0 Å². The van der Waals surface area contributed by atoms with E-state index in [1.54, 1.807) is 0 Å². The molecule has 0 spiro atoms. The molecule has 3 nitrogen and oxygen atoms in total. The Kier molecular flexibility index (Phi) is 6.53. The van der Waals surface area contributed by atoms with Gasteiger partial charge in [0.2, 0.25) is 0 Å². The second-order valence-corrected chi connectivity index (χ2v) is 7.16. The largest absolute Gasteiger partial charge is 0.480 e. The van der Waals surface area contributed by atoms with Gasteiger partial charge in [-0.1, -0.05) is 46.0 Å². The standard InChI is InChI=1S/C18H33NO2/c1-3-5-8-14(4-2)13-19-16-10-7-6-9-15(16)11-12-17(19)18(20)21/h14-17H,3-13H2,1-2H3,(H,20,21). The number of carboxylic acid groups (broad SMARTS) is 1. The monoisotopic (exact) mass is 295 g/mol. The van der Waals surface area contributed by atoms with Crippen LogP contribution in [-0.4, -0.2) is 34.6 Å². The Labute approximate surface area is 130 Å². The first-order valence-corrected chi connectivity index (χ1v) is 9.15. The van der Waals surface area contributed by atoms with E-state index in [9.17, 15) is 9.90 Å². The topological polar surface area (TPSA) is 40.5 Å². The van der Waals surface area contributed by atoms with E-state index < -0.39 is 5.97 Å². The fraction of sp³-hybridized carbons (Fsp3) is 0.944. The number of carbonyl (C=O) groups is 1. The quantitative estimate of drug-likeness (QED) is 0.761. The zero-order valence-corrected chi connectivity index (χ0v) is 13.9. The minimum Gasteiger partial charge on any atom is -0.480 e. The van der Waals surface area contributed by atoms with Crippen molar-refractivity contribution in [2.45, 2.75) is 90.1 Å². The number of piperidine rings is 1. The summed E-state index contributed by atoms with van der Waals surface area (Å²) in [7, 11) is 0. The first-order chi connectivity index (χ1) is 10.2. The number of hydrogen-bond donors (Lipinski definition) is 1. The van der Waals surface area contributed by atoms with Gasteiger partial charge in [-0.15, -0.1) is 0 Å². The molecule has 1 N–H and O–H groups in total. The lowest BCUT2D eigenvalue weighted by atomic mass is 9.75. The maximum absolute atomic E-state index is 11.7. The lowest BCUT2D eigenvalue weighted by molar-refractivity contribution is -0.148. The summed E-state index contributed by atoms with van der Waals surface area (Å²) in [6.07, 6.45) is 12.1. The third-order valence-electron chi connectivity index (χ3n) is 5.80. The van der Waals surface area contributed by atoms with Crippen LogP contribution in [0.15, 0.2) is 0 Å². The van der Waals surface area contributed by atoms with Gasteiger partial charge in [0.25, 0.3) is 0 Å². The van der Waals surface area contributed by atoms with Crippen LogP contribution in [0, 0.1) is 11.8 Å². The molecule has 0 amide bonds. The van der Waals surface area contributed by atoms with E-state index in [-0.39, 0.29) is 6.04 Å². The van der Waals surface area contributed by atoms with Crippen molar-refractivity contribution in [3.05, 3.63) is 0 Å². The molecule has 0 aromatic rings. The van der Waals surface area contributed by atoms with Crippen molar-refractivity contribution >= 4 is 5.97 Å². The summed E-state index contributed by atoms with van der Waals surface area (Å²) >= 11 is 0. The van der Waals surface area contributed by atoms with Crippen molar-refractivity contribution in [1.82, 2.24) is 4.90 Å². The zero-order chi connectivity index (χ0) is 15.2. The second kappa shape index (κ2) is 8.17. The molecule has 21 heavy (non-hydrogen) atoms. The number of unbranched alkanes of at least 4 members (excludes halogenated alkanes) is 1. The van der Waals surface area contributed by atoms with Crippen molar-refractivity contribution < 1.29 is 9.90 Å². The summed E-state index contributed by atoms with van der Waals surface area (Å²) in [6.45, 7) is 5.51. The summed E-state index contributed by atoms with van der Waals surface area (Å²) in [5.41, 5.74) is 0. The first kappa shape index (κ1) is 16.8. The Morgan fingerprint density at radius 1 is 1.19 bits per heavy atom. The van der Waals surface area contributed by atoms with Crippen LogP contribution >= 0.6 is 0 Å². The predicted molar refractivity (Wildman–Crippen MR) is 86.4 cm³/mol. The summed E-state index contributed by atoms with van der Waals surface area (Å²) < 4.78 is 0. The van der Waals surface area contributed by atoms with E-state index in [0.717, 1.165) is 25.3 Å². The number of hydrogen-bond acceptors (Lipinski definition) is 2. The fourth-order valence-electron chi connectivity index (χ4n) is 4.47. The number of rotatable bonds is 7. The Balaban J connectivity index is 2.06. The van der Waals surface area contributed by atoms with Crippen LogP contribution in [0.1, 0.15) is 78.1 Å². The van der Waals surface area contributed by atoms with Crippen molar-refractivity contribution in [1.29, 1.82) is 0 Å². The Hall–Kier alpha value is -0.570. The minimum absolute atomic E-state index is 0.222. The van der Waals surface area contributed by atoms with Gasteiger partial charge in [-0.25, -0.2) is 0 Å². The molecular weight excluding hydrogens is 262 g/mol. The van der Waals surface area contributed by atoms with Crippen molar-refractivity contribution in [2.75, 3.05) is 6.54 Å². The molecule has 2 rings (SSSR count). The molecule has 0 radical (unpaired) electrons. The highest BCUT2D eigenvalue weighted by Gasteiger charge is 2.41. The molecule has 122 valence electrons. The minimum atomic E-state index is -0.593. The Morgan fingerprint density at radius 3 is 2.62 bits per heavy atom. The molecule has 4 unspecified atom stereocenters. The van der Waals surface area contributed by atoms with E-state index in [1.165, 1.54) is 51.4 Å². The maximum atomic E-state index is 11.7. The molecule has 1 heterocycles. The maximum Gasteiger partial charge on any atom is 0.320 e. The smallest absolute Gasteiger partial charge is 0.320 e. The highest BCUT2D eigenvalue weighted by atomic mass is 16.4. The predicted octanol–water partition coefficient (Wildman–Crippen LogP) is 4.31. The number of nitrogens with zero attached hydrogens (tertiary/aromatic N) is 1. The third-order valence-corrected chi connectivity index (χ3v) is 5.80. The van der Waals surface area contributed by atoms with Crippen LogP contribution in [0.25, 0.3) is 0 Å². The van der Waals surface area contributed by atoms with Gasteiger partial charge < -0.3 is 5.11 Å². The second-order valence-electron chi connectivity index (χ2n) is 7.16. The Bertz CT molecular complexity index is 331. The van der Waals surface area contributed by atoms with Gasteiger partial charge in [0, 0.05) is 12.6 Å². The van der Waals surface area contributed by atoms with Gasteiger partial charge in [-0.05, 0) is 43.9 Å². The molecule has 1 saturated carbocycles. The lowest BCUT2D eigenvalue weighted by Gasteiger charge is -2.48. The highest BCUT2D eigenvalue weighted by molar-refractivity contribution is 5.73. The Morgan fingerprint density at radius 2 is 1.95 bits per heavy atom. The van der Waals surface area contributed by atoms with Crippen molar-refractivity contribution in [2.24, 2.45) is 11.8 Å². The number of likely N-dealkylation sites (tertiary alicyclic amines) is 1. The SMILES string of the molecule is CCCCC(CC)CN1C(C(=O)O)CCC2CCCCC21. The zero-order valence-electron chi connectivity index (χ0n) is 13.9. The summed E-state index contributed by atoms with van der Waals surface area (Å²) in [5, 5.41) is 9.62. The van der Waals surface area contributed by atoms with Gasteiger partial charge in [0.15, 0.2) is 0 Å². The van der Waals surface area contributed by atoms with Gasteiger partial charge in [0.05, 0.1) is 0 Å². The van der Waals surface area contributed by atoms with E-state index in [1.807, 2.05) is 0 Å². The van der Waals surface area contributed by atoms with E-state index in [4.69, 9.17) is 0 Å². The average Bonchev–Trinajstić information content (AvgIpc) is 2.51. The molecule has 4 atom stereocenters. The van der Waals surface area contributed by atoms with E-state index in [0.29, 0.717) is 12.0 Å². The third kappa shape index (κ3) is 4.21. The van der Waals surface area contributed by atoms with Crippen molar-refractivity contribution in [3.63, 3.8) is 0 Å².